The van der Waals surface area contributed by atoms with Crippen LogP contribution in [0.5, 0.6) is 5.75 Å². The molecule has 0 atom stereocenters. The van der Waals surface area contributed by atoms with Gasteiger partial charge in [-0.15, -0.1) is 5.10 Å². The van der Waals surface area contributed by atoms with Crippen molar-refractivity contribution in [3.63, 3.8) is 0 Å². The van der Waals surface area contributed by atoms with Crippen LogP contribution in [0, 0.1) is 13.8 Å². The lowest BCUT2D eigenvalue weighted by Gasteiger charge is -2.09. The van der Waals surface area contributed by atoms with E-state index in [2.05, 4.69) is 36.3 Å². The third-order valence-corrected chi connectivity index (χ3v) is 4.19. The molecule has 1 N–H and O–H groups in total. The second-order valence-corrected chi connectivity index (χ2v) is 6.60. The number of amides is 1. The average molecular weight is 404 g/mol. The molecule has 2 heterocycles. The summed E-state index contributed by atoms with van der Waals surface area (Å²) >= 11 is 3.42. The maximum Gasteiger partial charge on any atom is 0.252 e. The first-order chi connectivity index (χ1) is 12.0. The number of halogens is 1. The van der Waals surface area contributed by atoms with E-state index in [1.807, 2.05) is 38.1 Å². The third-order valence-electron chi connectivity index (χ3n) is 3.70. The highest BCUT2D eigenvalue weighted by atomic mass is 79.9. The fourth-order valence-electron chi connectivity index (χ4n) is 2.57. The summed E-state index contributed by atoms with van der Waals surface area (Å²) in [4.78, 5) is 20.9. The average Bonchev–Trinajstić information content (AvgIpc) is 2.95. The van der Waals surface area contributed by atoms with Crippen LogP contribution in [0.1, 0.15) is 22.8 Å². The Kier molecular flexibility index (Phi) is 4.98. The van der Waals surface area contributed by atoms with Gasteiger partial charge < -0.3 is 10.1 Å². The molecule has 0 saturated carbocycles. The summed E-state index contributed by atoms with van der Waals surface area (Å²) in [5, 5.41) is 7.22. The number of ether oxygens (including phenoxy) is 1. The van der Waals surface area contributed by atoms with Crippen LogP contribution in [0.3, 0.4) is 0 Å². The minimum absolute atomic E-state index is 0.0954. The zero-order valence-electron chi connectivity index (χ0n) is 14.2. The molecule has 0 aliphatic rings. The highest BCUT2D eigenvalue weighted by molar-refractivity contribution is 9.10. The van der Waals surface area contributed by atoms with Crippen molar-refractivity contribution in [1.29, 1.82) is 0 Å². The topological polar surface area (TPSA) is 81.4 Å². The van der Waals surface area contributed by atoms with Gasteiger partial charge in [-0.25, -0.2) is 9.50 Å². The molecule has 130 valence electrons. The van der Waals surface area contributed by atoms with Crippen LogP contribution < -0.4 is 10.1 Å². The van der Waals surface area contributed by atoms with Crippen molar-refractivity contribution in [2.75, 3.05) is 7.11 Å². The molecule has 0 unspecified atom stereocenters. The number of carbonyl (C=O) groups is 1. The largest absolute Gasteiger partial charge is 0.496 e. The van der Waals surface area contributed by atoms with E-state index in [1.165, 1.54) is 0 Å². The van der Waals surface area contributed by atoms with Crippen LogP contribution >= 0.6 is 15.9 Å². The number of hydrogen-bond acceptors (Lipinski definition) is 5. The van der Waals surface area contributed by atoms with Gasteiger partial charge in [0.2, 0.25) is 5.91 Å². The molecular weight excluding hydrogens is 386 g/mol. The second kappa shape index (κ2) is 7.18. The molecule has 0 spiro atoms. The van der Waals surface area contributed by atoms with Gasteiger partial charge in [-0.2, -0.15) is 4.98 Å². The van der Waals surface area contributed by atoms with Crippen molar-refractivity contribution < 1.29 is 9.53 Å². The number of carbonyl (C=O) groups excluding carboxylic acids is 1. The smallest absolute Gasteiger partial charge is 0.252 e. The first kappa shape index (κ1) is 17.3. The molecule has 1 amide bonds. The van der Waals surface area contributed by atoms with E-state index in [1.54, 1.807) is 11.6 Å². The molecule has 0 saturated heterocycles. The van der Waals surface area contributed by atoms with Gasteiger partial charge in [0.25, 0.3) is 5.78 Å². The second-order valence-electron chi connectivity index (χ2n) is 5.69. The lowest BCUT2D eigenvalue weighted by Crippen LogP contribution is -2.25. The van der Waals surface area contributed by atoms with E-state index >= 15 is 0 Å². The Labute approximate surface area is 153 Å². The van der Waals surface area contributed by atoms with Gasteiger partial charge in [0, 0.05) is 28.0 Å². The normalized spacial score (nSPS) is 10.9. The monoisotopic (exact) mass is 403 g/mol. The maximum absolute atomic E-state index is 12.2. The van der Waals surface area contributed by atoms with E-state index in [9.17, 15) is 4.79 Å². The van der Waals surface area contributed by atoms with Crippen LogP contribution in [0.25, 0.3) is 5.78 Å². The number of nitrogens with one attached hydrogen (secondary N) is 1. The molecule has 7 nitrogen and oxygen atoms in total. The standard InChI is InChI=1S/C17H18BrN5O2/c1-10-6-11(2)23-17(20-10)21-15(22-23)8-16(24)19-9-12-7-13(18)4-5-14(12)25-3/h4-7H,8-9H2,1-3H3,(H,19,24). The Morgan fingerprint density at radius 2 is 2.08 bits per heavy atom. The number of benzene rings is 1. The van der Waals surface area contributed by atoms with Crippen LogP contribution in [0.15, 0.2) is 28.7 Å². The summed E-state index contributed by atoms with van der Waals surface area (Å²) < 4.78 is 7.88. The lowest BCUT2D eigenvalue weighted by atomic mass is 10.2. The summed E-state index contributed by atoms with van der Waals surface area (Å²) in [7, 11) is 1.60. The molecule has 3 rings (SSSR count). The molecule has 0 radical (unpaired) electrons. The molecule has 0 bridgehead atoms. The molecule has 0 aliphatic heterocycles. The Balaban J connectivity index is 1.69. The first-order valence-corrected chi connectivity index (χ1v) is 8.54. The number of hydrogen-bond donors (Lipinski definition) is 1. The lowest BCUT2D eigenvalue weighted by molar-refractivity contribution is -0.120. The van der Waals surface area contributed by atoms with E-state index < -0.39 is 0 Å². The van der Waals surface area contributed by atoms with E-state index in [0.717, 1.165) is 27.2 Å². The van der Waals surface area contributed by atoms with E-state index in [0.29, 0.717) is 18.1 Å². The van der Waals surface area contributed by atoms with Crippen molar-refractivity contribution in [3.8, 4) is 5.75 Å². The van der Waals surface area contributed by atoms with Crippen LogP contribution in [-0.4, -0.2) is 32.6 Å². The summed E-state index contributed by atoms with van der Waals surface area (Å²) in [6.45, 7) is 4.20. The van der Waals surface area contributed by atoms with Crippen molar-refractivity contribution in [2.24, 2.45) is 0 Å². The highest BCUT2D eigenvalue weighted by Crippen LogP contribution is 2.22. The number of aryl methyl sites for hydroxylation is 2. The quantitative estimate of drug-likeness (QED) is 0.706. The van der Waals surface area contributed by atoms with Gasteiger partial charge >= 0.3 is 0 Å². The predicted molar refractivity (Wildman–Crippen MR) is 96.5 cm³/mol. The molecule has 0 aliphatic carbocycles. The van der Waals surface area contributed by atoms with E-state index in [-0.39, 0.29) is 12.3 Å². The zero-order valence-corrected chi connectivity index (χ0v) is 15.8. The molecule has 25 heavy (non-hydrogen) atoms. The molecule has 1 aromatic carbocycles. The molecule has 0 fully saturated rings. The number of nitrogens with zero attached hydrogens (tertiary/aromatic N) is 4. The summed E-state index contributed by atoms with van der Waals surface area (Å²) in [5.41, 5.74) is 2.69. The Morgan fingerprint density at radius 1 is 1.28 bits per heavy atom. The maximum atomic E-state index is 12.2. The van der Waals surface area contributed by atoms with Crippen molar-refractivity contribution in [2.45, 2.75) is 26.8 Å². The minimum atomic E-state index is -0.160. The molecule has 8 heteroatoms. The highest BCUT2D eigenvalue weighted by Gasteiger charge is 2.12. The number of methoxy groups -OCH3 is 1. The van der Waals surface area contributed by atoms with E-state index in [4.69, 9.17) is 4.74 Å². The third kappa shape index (κ3) is 3.96. The Morgan fingerprint density at radius 3 is 2.84 bits per heavy atom. The van der Waals surface area contributed by atoms with Gasteiger partial charge in [-0.1, -0.05) is 15.9 Å². The minimum Gasteiger partial charge on any atom is -0.496 e. The van der Waals surface area contributed by atoms with Gasteiger partial charge in [-0.05, 0) is 38.1 Å². The predicted octanol–water partition coefficient (Wildman–Crippen LogP) is 2.37. The molecule has 2 aromatic heterocycles. The van der Waals surface area contributed by atoms with Crippen molar-refractivity contribution >= 4 is 27.6 Å². The van der Waals surface area contributed by atoms with Gasteiger partial charge in [0.15, 0.2) is 5.82 Å². The van der Waals surface area contributed by atoms with Gasteiger partial charge in [0.1, 0.15) is 5.75 Å². The van der Waals surface area contributed by atoms with Crippen molar-refractivity contribution in [1.82, 2.24) is 24.9 Å². The summed E-state index contributed by atoms with van der Waals surface area (Å²) in [6, 6.07) is 7.58. The molecule has 3 aromatic rings. The number of rotatable bonds is 5. The van der Waals surface area contributed by atoms with Gasteiger partial charge in [-0.3, -0.25) is 4.79 Å². The SMILES string of the molecule is COc1ccc(Br)cc1CNC(=O)Cc1nc2nc(C)cc(C)n2n1. The van der Waals surface area contributed by atoms with Crippen molar-refractivity contribution in [3.05, 3.63) is 51.5 Å². The fourth-order valence-corrected chi connectivity index (χ4v) is 2.98. The number of fused-ring (bicyclic) bond motifs is 1. The molecular formula is C17H18BrN5O2. The van der Waals surface area contributed by atoms with Crippen LogP contribution in [0.2, 0.25) is 0 Å². The summed E-state index contributed by atoms with van der Waals surface area (Å²) in [5.74, 6) is 1.52. The number of aromatic nitrogens is 4. The fraction of sp³-hybridized carbons (Fsp3) is 0.294. The Hall–Kier alpha value is -2.48. The zero-order chi connectivity index (χ0) is 18.0. The first-order valence-electron chi connectivity index (χ1n) is 7.75. The Bertz CT molecular complexity index is 938. The van der Waals surface area contributed by atoms with Gasteiger partial charge in [0.05, 0.1) is 13.5 Å². The van der Waals surface area contributed by atoms with Crippen LogP contribution in [-0.2, 0) is 17.8 Å². The summed E-state index contributed by atoms with van der Waals surface area (Å²) in [6.07, 6.45) is 0.0954. The van der Waals surface area contributed by atoms with Crippen LogP contribution in [0.4, 0.5) is 0 Å².